The van der Waals surface area contributed by atoms with Crippen LogP contribution in [0.4, 0.5) is 0 Å². The number of carbonyl (C=O) groups is 9. The lowest BCUT2D eigenvalue weighted by molar-refractivity contribution is -0.165. The Morgan fingerprint density at radius 1 is 0.694 bits per heavy atom. The summed E-state index contributed by atoms with van der Waals surface area (Å²) >= 11 is 0. The molecule has 1 saturated heterocycles. The molecule has 21 heteroatoms. The molecule has 85 heavy (non-hydrogen) atoms. The van der Waals surface area contributed by atoms with Crippen molar-refractivity contribution in [3.8, 4) is 17.2 Å². The Morgan fingerprint density at radius 3 is 1.99 bits per heavy atom. The van der Waals surface area contributed by atoms with Gasteiger partial charge in [0.05, 0.1) is 38.4 Å². The predicted octanol–water partition coefficient (Wildman–Crippen LogP) is 6.05. The minimum atomic E-state index is -1.51. The number of benzene rings is 4. The summed E-state index contributed by atoms with van der Waals surface area (Å²) in [4.78, 5) is 132. The first-order chi connectivity index (χ1) is 40.4. The van der Waals surface area contributed by atoms with Gasteiger partial charge in [0.15, 0.2) is 18.1 Å². The van der Waals surface area contributed by atoms with Crippen LogP contribution in [0.3, 0.4) is 0 Å². The molecule has 0 aliphatic carbocycles. The third-order valence-electron chi connectivity index (χ3n) is 14.6. The second-order valence-corrected chi connectivity index (χ2v) is 22.7. The molecule has 6 amide bonds. The number of piperidine rings is 1. The van der Waals surface area contributed by atoms with E-state index in [1.165, 1.54) is 65.1 Å². The van der Waals surface area contributed by atoms with E-state index in [1.54, 1.807) is 112 Å². The maximum absolute atomic E-state index is 14.8. The van der Waals surface area contributed by atoms with Crippen molar-refractivity contribution in [1.82, 2.24) is 30.2 Å². The van der Waals surface area contributed by atoms with Crippen LogP contribution in [0.25, 0.3) is 0 Å². The van der Waals surface area contributed by atoms with Gasteiger partial charge in [0.1, 0.15) is 42.6 Å². The highest BCUT2D eigenvalue weighted by Gasteiger charge is 2.43. The molecule has 0 saturated carbocycles. The molecular weight excluding hydrogens is 1090 g/mol. The number of nitrogens with one attached hydrogen (secondary N) is 2. The van der Waals surface area contributed by atoms with E-state index in [4.69, 9.17) is 28.4 Å². The molecule has 0 radical (unpaired) electrons. The van der Waals surface area contributed by atoms with Crippen LogP contribution in [0.5, 0.6) is 17.2 Å². The Morgan fingerprint density at radius 2 is 1.34 bits per heavy atom. The van der Waals surface area contributed by atoms with Crippen molar-refractivity contribution >= 4 is 53.2 Å². The molecule has 456 valence electrons. The van der Waals surface area contributed by atoms with Crippen LogP contribution in [0, 0.1) is 5.41 Å². The van der Waals surface area contributed by atoms with Crippen LogP contribution in [-0.4, -0.2) is 165 Å². The van der Waals surface area contributed by atoms with E-state index >= 15 is 0 Å². The third-order valence-corrected chi connectivity index (χ3v) is 14.6. The topological polar surface area (TPSA) is 246 Å². The van der Waals surface area contributed by atoms with Crippen molar-refractivity contribution in [2.45, 2.75) is 109 Å². The summed E-state index contributed by atoms with van der Waals surface area (Å²) in [5.41, 5.74) is -0.158. The normalized spacial score (nSPS) is 22.2. The number of rotatable bonds is 9. The Kier molecular flexibility index (Phi) is 23.4. The van der Waals surface area contributed by atoms with Gasteiger partial charge < -0.3 is 58.7 Å². The van der Waals surface area contributed by atoms with Crippen molar-refractivity contribution in [3.05, 3.63) is 138 Å². The van der Waals surface area contributed by atoms with Crippen molar-refractivity contribution in [1.29, 1.82) is 0 Å². The molecule has 2 N–H and O–H groups in total. The predicted molar refractivity (Wildman–Crippen MR) is 314 cm³/mol. The lowest BCUT2D eigenvalue weighted by Gasteiger charge is -2.36. The van der Waals surface area contributed by atoms with E-state index in [2.05, 4.69) is 10.6 Å². The first kappa shape index (κ1) is 65.6. The largest absolute Gasteiger partial charge is 0.493 e. The van der Waals surface area contributed by atoms with Crippen LogP contribution >= 0.6 is 0 Å². The number of methoxy groups -OCH3 is 2. The zero-order valence-corrected chi connectivity index (χ0v) is 50.3. The van der Waals surface area contributed by atoms with E-state index in [-0.39, 0.29) is 44.7 Å². The molecule has 1 unspecified atom stereocenters. The molecule has 4 aromatic rings. The Labute approximate surface area is 497 Å². The number of likely N-dealkylation sites (N-methyl/N-ethyl adjacent to an activating group) is 3. The molecule has 5 atom stereocenters. The lowest BCUT2D eigenvalue weighted by Crippen LogP contribution is -2.56. The van der Waals surface area contributed by atoms with Gasteiger partial charge in [0.2, 0.25) is 29.4 Å². The zero-order chi connectivity index (χ0) is 62.0. The van der Waals surface area contributed by atoms with Gasteiger partial charge in [-0.25, -0.2) is 9.59 Å². The van der Waals surface area contributed by atoms with Crippen LogP contribution < -0.4 is 24.8 Å². The first-order valence-corrected chi connectivity index (χ1v) is 28.3. The lowest BCUT2D eigenvalue weighted by atomic mass is 9.87. The number of esters is 2. The van der Waals surface area contributed by atoms with Gasteiger partial charge in [-0.2, -0.15) is 0 Å². The Hall–Kier alpha value is -8.59. The maximum atomic E-state index is 14.8. The average molecular weight is 1170 g/mol. The quantitative estimate of drug-likeness (QED) is 0.143. The van der Waals surface area contributed by atoms with Crippen molar-refractivity contribution in [3.63, 3.8) is 0 Å². The Bertz CT molecular complexity index is 3040. The fourth-order valence-electron chi connectivity index (χ4n) is 9.55. The molecule has 2 heterocycles. The van der Waals surface area contributed by atoms with Crippen molar-refractivity contribution < 1.29 is 71.6 Å². The number of nitrogens with zero attached hydrogens (tertiary/aromatic N) is 4. The van der Waals surface area contributed by atoms with Crippen LogP contribution in [0.1, 0.15) is 107 Å². The van der Waals surface area contributed by atoms with E-state index < -0.39 is 114 Å². The van der Waals surface area contributed by atoms with E-state index in [1.807, 2.05) is 12.1 Å². The molecule has 2 bridgehead atoms. The van der Waals surface area contributed by atoms with Crippen molar-refractivity contribution in [2.24, 2.45) is 5.41 Å². The van der Waals surface area contributed by atoms with Gasteiger partial charge in [-0.1, -0.05) is 84.9 Å². The number of carbonyl (C=O) groups excluding carboxylic acids is 9. The van der Waals surface area contributed by atoms with Gasteiger partial charge in [-0.05, 0) is 120 Å². The number of fused-ring (bicyclic) bond motifs is 3. The number of ketones is 1. The monoisotopic (exact) mass is 1170 g/mol. The van der Waals surface area contributed by atoms with E-state index in [0.717, 1.165) is 21.4 Å². The molecule has 6 rings (SSSR count). The van der Waals surface area contributed by atoms with Gasteiger partial charge >= 0.3 is 11.9 Å². The molecule has 0 spiro atoms. The highest BCUT2D eigenvalue weighted by Crippen LogP contribution is 2.33. The summed E-state index contributed by atoms with van der Waals surface area (Å²) in [6, 6.07) is 23.9. The Balaban J connectivity index is 1.32. The van der Waals surface area contributed by atoms with Gasteiger partial charge in [-0.15, -0.1) is 0 Å². The van der Waals surface area contributed by atoms with Gasteiger partial charge in [0, 0.05) is 40.3 Å². The fraction of sp³-hybridized carbons (Fsp3) is 0.453. The SMILES string of the molecule is COc1ccc(CC[C@H]2OC(=O)[C@@H]3CCCCN3C(=O)C(=O)C(C)(C)COC(=O)/C=C\CCN(C)C(=O)[C@H](c3ccccc3)NC(=O)[C@H](COC(C)(C)C)N(C)C(=O)C(c3ccccc3)NC(=O)CN(C)C(=O)COc3cccc2c3)cc1OC. The standard InChI is InChI=1S/C64H80N6O15/c1-63(2,3)84-39-48-58(75)66-55(43-22-13-11-14-23-43)59(76)67(6)34-19-18-29-54(73)83-41-64(4,5)57(74)61(78)70-35-20-17-28-47(70)62(79)85-49(32-30-42-31-33-50(80-9)51(36-42)81-10)45-26-21-27-46(37-45)82-40-53(72)68(7)38-52(71)65-56(60(77)69(48)8)44-24-15-12-16-25-44/h11-16,18,21-27,29,31,33,36-37,47-49,55-56H,17,19-20,28,30,32,34-35,38-41H2,1-10H3,(H,65,71)(H,66,75)/b29-18-/t47-,48-,49+,55-,56?/m0/s1. The number of hydrogen-bond acceptors (Lipinski definition) is 15. The smallest absolute Gasteiger partial charge is 0.330 e. The number of amides is 6. The van der Waals surface area contributed by atoms with Crippen molar-refractivity contribution in [2.75, 3.05) is 74.8 Å². The van der Waals surface area contributed by atoms with Crippen LogP contribution in [0.15, 0.2) is 115 Å². The minimum Gasteiger partial charge on any atom is -0.493 e. The maximum Gasteiger partial charge on any atom is 0.330 e. The molecule has 2 aliphatic rings. The summed E-state index contributed by atoms with van der Waals surface area (Å²) in [7, 11) is 7.37. The number of ether oxygens (including phenoxy) is 6. The summed E-state index contributed by atoms with van der Waals surface area (Å²) in [5.74, 6) is -5.40. The number of hydrogen-bond donors (Lipinski definition) is 2. The highest BCUT2D eigenvalue weighted by atomic mass is 16.5. The summed E-state index contributed by atoms with van der Waals surface area (Å²) in [6.45, 7) is 6.63. The number of Topliss-reactive ketones (excluding diaryl/α,β-unsaturated/α-hetero) is 1. The van der Waals surface area contributed by atoms with Gasteiger partial charge in [-0.3, -0.25) is 33.6 Å². The summed E-state index contributed by atoms with van der Waals surface area (Å²) in [5, 5.41) is 5.62. The summed E-state index contributed by atoms with van der Waals surface area (Å²) in [6.07, 6.45) is 3.78. The zero-order valence-electron chi connectivity index (χ0n) is 50.3. The third kappa shape index (κ3) is 18.5. The van der Waals surface area contributed by atoms with E-state index in [0.29, 0.717) is 47.5 Å². The minimum absolute atomic E-state index is 0.0754. The van der Waals surface area contributed by atoms with Gasteiger partial charge in [0.25, 0.3) is 11.8 Å². The number of cyclic esters (lactones) is 2. The van der Waals surface area contributed by atoms with Crippen LogP contribution in [-0.2, 0) is 63.8 Å². The highest BCUT2D eigenvalue weighted by molar-refractivity contribution is 6.38. The second-order valence-electron chi connectivity index (χ2n) is 22.7. The van der Waals surface area contributed by atoms with E-state index in [9.17, 15) is 43.2 Å². The molecule has 0 aromatic heterocycles. The van der Waals surface area contributed by atoms with Crippen LogP contribution in [0.2, 0.25) is 0 Å². The first-order valence-electron chi connectivity index (χ1n) is 28.3. The summed E-state index contributed by atoms with van der Waals surface area (Å²) < 4.78 is 34.9. The number of aryl methyl sites for hydroxylation is 1. The molecule has 4 aromatic carbocycles. The average Bonchev–Trinajstić information content (AvgIpc) is 3.59. The molecule has 1 fully saturated rings. The molecule has 21 nitrogen and oxygen atoms in total. The molecule has 2 aliphatic heterocycles. The fourth-order valence-corrected chi connectivity index (χ4v) is 9.55. The molecular formula is C64H80N6O15. The second kappa shape index (κ2) is 30.3.